The minimum atomic E-state index is -0.667. The summed E-state index contributed by atoms with van der Waals surface area (Å²) in [4.78, 5) is 0. The molecule has 15 heavy (non-hydrogen) atoms. The Labute approximate surface area is 92.2 Å². The molecule has 0 bridgehead atoms. The topological polar surface area (TPSA) is 73.2 Å². The summed E-state index contributed by atoms with van der Waals surface area (Å²) >= 11 is 0. The molecule has 0 aromatic heterocycles. The molecule has 4 heteroatoms. The van der Waals surface area contributed by atoms with Gasteiger partial charge in [-0.25, -0.2) is 0 Å². The van der Waals surface area contributed by atoms with E-state index < -0.39 is 5.41 Å². The van der Waals surface area contributed by atoms with E-state index in [0.29, 0.717) is 12.5 Å². The summed E-state index contributed by atoms with van der Waals surface area (Å²) in [5.74, 6) is 0. The van der Waals surface area contributed by atoms with Gasteiger partial charge < -0.3 is 20.1 Å². The van der Waals surface area contributed by atoms with E-state index in [-0.39, 0.29) is 19.8 Å². The maximum absolute atomic E-state index is 8.66. The van der Waals surface area contributed by atoms with Gasteiger partial charge in [0.05, 0.1) is 32.5 Å². The molecule has 1 saturated heterocycles. The van der Waals surface area contributed by atoms with Crippen LogP contribution in [-0.2, 0) is 4.74 Å². The van der Waals surface area contributed by atoms with E-state index in [2.05, 4.69) is 20.1 Å². The normalized spacial score (nSPS) is 18.1. The third-order valence-corrected chi connectivity index (χ3v) is 2.26. The fraction of sp³-hybridized carbons (Fsp3) is 0.818. The monoisotopic (exact) mass is 220 g/mol. The second-order valence-corrected chi connectivity index (χ2v) is 3.47. The molecule has 1 unspecified atom stereocenters. The molecule has 92 valence electrons. The van der Waals surface area contributed by atoms with Crippen LogP contribution >= 0.6 is 0 Å². The molecule has 1 heterocycles. The lowest BCUT2D eigenvalue weighted by Gasteiger charge is -2.24. The Bertz CT molecular complexity index is 113. The Morgan fingerprint density at radius 1 is 1.20 bits per heavy atom. The molecule has 0 saturated carbocycles. The Morgan fingerprint density at radius 3 is 1.47 bits per heavy atom. The maximum Gasteiger partial charge on any atom is 0.0781 e. The van der Waals surface area contributed by atoms with Crippen molar-refractivity contribution in [3.63, 3.8) is 0 Å². The minimum absolute atomic E-state index is 0.156. The molecular formula is C11H24O4. The number of hydrogen-bond acceptors (Lipinski definition) is 4. The summed E-state index contributed by atoms with van der Waals surface area (Å²) in [7, 11) is 0. The van der Waals surface area contributed by atoms with Gasteiger partial charge in [-0.1, -0.05) is 6.92 Å². The highest BCUT2D eigenvalue weighted by molar-refractivity contribution is 4.74. The fourth-order valence-electron chi connectivity index (χ4n) is 0.582. The predicted octanol–water partition coefficient (Wildman–Crippen LogP) is 0.567. The van der Waals surface area contributed by atoms with Gasteiger partial charge in [0.2, 0.25) is 0 Å². The molecule has 0 spiro atoms. The zero-order valence-corrected chi connectivity index (χ0v) is 9.78. The van der Waals surface area contributed by atoms with Crippen molar-refractivity contribution >= 4 is 0 Å². The van der Waals surface area contributed by atoms with Crippen LogP contribution in [0.5, 0.6) is 0 Å². The average molecular weight is 220 g/mol. The zero-order valence-electron chi connectivity index (χ0n) is 9.78. The van der Waals surface area contributed by atoms with E-state index in [1.165, 1.54) is 0 Å². The van der Waals surface area contributed by atoms with E-state index in [4.69, 9.17) is 20.1 Å². The Morgan fingerprint density at radius 2 is 1.47 bits per heavy atom. The van der Waals surface area contributed by atoms with Crippen LogP contribution in [0.3, 0.4) is 0 Å². The molecule has 4 nitrogen and oxygen atoms in total. The molecule has 1 aliphatic heterocycles. The highest BCUT2D eigenvalue weighted by Crippen LogP contribution is 2.18. The quantitative estimate of drug-likeness (QED) is 0.478. The molecule has 1 aliphatic rings. The van der Waals surface area contributed by atoms with Gasteiger partial charge >= 0.3 is 0 Å². The lowest BCUT2D eigenvalue weighted by atomic mass is 9.88. The van der Waals surface area contributed by atoms with Crippen molar-refractivity contribution in [2.75, 3.05) is 26.4 Å². The number of epoxide rings is 1. The van der Waals surface area contributed by atoms with Crippen molar-refractivity contribution in [2.24, 2.45) is 5.41 Å². The smallest absolute Gasteiger partial charge is 0.0781 e. The molecule has 0 radical (unpaired) electrons. The number of aliphatic hydroxyl groups is 3. The first-order valence-electron chi connectivity index (χ1n) is 5.08. The summed E-state index contributed by atoms with van der Waals surface area (Å²) in [6.07, 6.45) is 1.18. The molecule has 3 N–H and O–H groups in total. The first-order chi connectivity index (χ1) is 7.14. The third kappa shape index (κ3) is 8.57. The van der Waals surface area contributed by atoms with E-state index in [9.17, 15) is 0 Å². The van der Waals surface area contributed by atoms with Crippen molar-refractivity contribution in [1.82, 2.24) is 0 Å². The fourth-order valence-corrected chi connectivity index (χ4v) is 0.582. The number of aliphatic hydroxyl groups excluding tert-OH is 3. The lowest BCUT2D eigenvalue weighted by Crippen LogP contribution is -2.32. The summed E-state index contributed by atoms with van der Waals surface area (Å²) < 4.78 is 4.71. The third-order valence-electron chi connectivity index (χ3n) is 2.26. The van der Waals surface area contributed by atoms with Gasteiger partial charge in [-0.15, -0.1) is 13.2 Å². The summed E-state index contributed by atoms with van der Waals surface area (Å²) in [5, 5.41) is 26.0. The number of rotatable bonds is 4. The Kier molecular flexibility index (Phi) is 11.5. The second kappa shape index (κ2) is 10.1. The molecular weight excluding hydrogens is 196 g/mol. The van der Waals surface area contributed by atoms with Crippen LogP contribution in [0.4, 0.5) is 0 Å². The highest BCUT2D eigenvalue weighted by atomic mass is 16.6. The van der Waals surface area contributed by atoms with Crippen molar-refractivity contribution in [3.8, 4) is 0 Å². The first kappa shape index (κ1) is 17.0. The van der Waals surface area contributed by atoms with E-state index in [0.717, 1.165) is 6.61 Å². The predicted molar refractivity (Wildman–Crippen MR) is 60.6 cm³/mol. The van der Waals surface area contributed by atoms with Gasteiger partial charge in [-0.2, -0.15) is 0 Å². The van der Waals surface area contributed by atoms with Crippen LogP contribution in [0.2, 0.25) is 0 Å². The average Bonchev–Trinajstić information content (AvgIpc) is 3.09. The van der Waals surface area contributed by atoms with E-state index in [1.54, 1.807) is 0 Å². The summed E-state index contributed by atoms with van der Waals surface area (Å²) in [6.45, 7) is 10.4. The molecule has 1 atom stereocenters. The van der Waals surface area contributed by atoms with Crippen LogP contribution in [-0.4, -0.2) is 47.9 Å². The lowest BCUT2D eigenvalue weighted by molar-refractivity contribution is 0.00304. The minimum Gasteiger partial charge on any atom is -0.396 e. The maximum atomic E-state index is 8.66. The molecule has 0 amide bonds. The van der Waals surface area contributed by atoms with Crippen LogP contribution in [0.25, 0.3) is 0 Å². The van der Waals surface area contributed by atoms with E-state index >= 15 is 0 Å². The SMILES string of the molecule is C=C.CC1CO1.CCC(CO)(CO)CO. The van der Waals surface area contributed by atoms with Gasteiger partial charge in [0, 0.05) is 5.41 Å². The van der Waals surface area contributed by atoms with Crippen LogP contribution in [0.1, 0.15) is 20.3 Å². The second-order valence-electron chi connectivity index (χ2n) is 3.47. The molecule has 0 aromatic rings. The number of hydrogen-bond donors (Lipinski definition) is 3. The molecule has 0 aromatic carbocycles. The largest absolute Gasteiger partial charge is 0.396 e. The standard InChI is InChI=1S/C6H14O3.C3H6O.C2H4/c1-2-6(3-7,4-8)5-9;1-3-2-4-3;1-2/h7-9H,2-5H2,1H3;3H,2H2,1H3;1-2H2. The van der Waals surface area contributed by atoms with Crippen molar-refractivity contribution in [2.45, 2.75) is 26.4 Å². The van der Waals surface area contributed by atoms with Crippen molar-refractivity contribution in [3.05, 3.63) is 13.2 Å². The van der Waals surface area contributed by atoms with Crippen LogP contribution in [0, 0.1) is 5.41 Å². The van der Waals surface area contributed by atoms with Gasteiger partial charge in [-0.05, 0) is 13.3 Å². The van der Waals surface area contributed by atoms with Crippen LogP contribution in [0.15, 0.2) is 13.2 Å². The Balaban J connectivity index is 0. The van der Waals surface area contributed by atoms with Gasteiger partial charge in [0.1, 0.15) is 0 Å². The van der Waals surface area contributed by atoms with E-state index in [1.807, 2.05) is 6.92 Å². The van der Waals surface area contributed by atoms with Crippen molar-refractivity contribution < 1.29 is 20.1 Å². The highest BCUT2D eigenvalue weighted by Gasteiger charge is 2.24. The molecule has 0 aliphatic carbocycles. The van der Waals surface area contributed by atoms with Crippen molar-refractivity contribution in [1.29, 1.82) is 0 Å². The van der Waals surface area contributed by atoms with Gasteiger partial charge in [-0.3, -0.25) is 0 Å². The first-order valence-corrected chi connectivity index (χ1v) is 5.08. The molecule has 1 fully saturated rings. The summed E-state index contributed by atoms with van der Waals surface area (Å²) in [6, 6.07) is 0. The zero-order chi connectivity index (χ0) is 12.3. The molecule has 1 rings (SSSR count). The summed E-state index contributed by atoms with van der Waals surface area (Å²) in [5.41, 5.74) is -0.667. The number of ether oxygens (including phenoxy) is 1. The van der Waals surface area contributed by atoms with Gasteiger partial charge in [0.15, 0.2) is 0 Å². The van der Waals surface area contributed by atoms with Gasteiger partial charge in [0.25, 0.3) is 0 Å². The van der Waals surface area contributed by atoms with Crippen LogP contribution < -0.4 is 0 Å². The Hall–Kier alpha value is -0.420.